The van der Waals surface area contributed by atoms with Crippen molar-refractivity contribution in [2.75, 3.05) is 18.9 Å². The Bertz CT molecular complexity index is 509. The van der Waals surface area contributed by atoms with Gasteiger partial charge in [0.25, 0.3) is 0 Å². The number of nitrogens with one attached hydrogen (secondary N) is 1. The summed E-state index contributed by atoms with van der Waals surface area (Å²) in [6.07, 6.45) is 3.46. The number of rotatable bonds is 7. The van der Waals surface area contributed by atoms with Gasteiger partial charge in [-0.15, -0.1) is 0 Å². The first kappa shape index (κ1) is 15.0. The minimum atomic E-state index is -0.472. The van der Waals surface area contributed by atoms with Crippen LogP contribution in [-0.4, -0.2) is 34.0 Å². The fourth-order valence-electron chi connectivity index (χ4n) is 2.07. The van der Waals surface area contributed by atoms with Gasteiger partial charge in [0.2, 0.25) is 0 Å². The van der Waals surface area contributed by atoms with Gasteiger partial charge < -0.3 is 10.4 Å². The summed E-state index contributed by atoms with van der Waals surface area (Å²) >= 11 is 1.54. The first-order chi connectivity index (χ1) is 9.80. The predicted octanol–water partition coefficient (Wildman–Crippen LogP) is 2.07. The van der Waals surface area contributed by atoms with E-state index in [0.29, 0.717) is 5.75 Å². The molecule has 0 aliphatic heterocycles. The molecule has 1 aromatic carbocycles. The molecule has 1 atom stereocenters. The standard InChI is InChI=1S/C15H19N3OS/c1-2-18-15(11-19,13-7-4-3-5-8-13)12-20-14-16-9-6-10-17-14/h3-10,18-19H,2,11-12H2,1H3. The quantitative estimate of drug-likeness (QED) is 0.603. The molecule has 106 valence electrons. The van der Waals surface area contributed by atoms with E-state index < -0.39 is 5.54 Å². The summed E-state index contributed by atoms with van der Waals surface area (Å²) in [5.74, 6) is 0.672. The van der Waals surface area contributed by atoms with Crippen LogP contribution in [0.25, 0.3) is 0 Å². The predicted molar refractivity (Wildman–Crippen MR) is 81.6 cm³/mol. The minimum absolute atomic E-state index is 0.0324. The van der Waals surface area contributed by atoms with Gasteiger partial charge >= 0.3 is 0 Å². The van der Waals surface area contributed by atoms with Crippen LogP contribution in [0.3, 0.4) is 0 Å². The summed E-state index contributed by atoms with van der Waals surface area (Å²) in [4.78, 5) is 8.42. The fraction of sp³-hybridized carbons (Fsp3) is 0.333. The van der Waals surface area contributed by atoms with Gasteiger partial charge in [-0.3, -0.25) is 0 Å². The zero-order valence-corrected chi connectivity index (χ0v) is 12.3. The summed E-state index contributed by atoms with van der Waals surface area (Å²) in [5, 5.41) is 14.0. The molecule has 0 aliphatic rings. The highest BCUT2D eigenvalue weighted by molar-refractivity contribution is 7.99. The van der Waals surface area contributed by atoms with Crippen molar-refractivity contribution in [3.05, 3.63) is 54.4 Å². The number of aliphatic hydroxyl groups excluding tert-OH is 1. The molecule has 0 fully saturated rings. The van der Waals surface area contributed by atoms with Crippen molar-refractivity contribution in [3.63, 3.8) is 0 Å². The van der Waals surface area contributed by atoms with Crippen molar-refractivity contribution in [3.8, 4) is 0 Å². The molecule has 2 N–H and O–H groups in total. The molecular formula is C15H19N3OS. The lowest BCUT2D eigenvalue weighted by molar-refractivity contribution is 0.181. The molecule has 0 aliphatic carbocycles. The molecule has 0 amide bonds. The van der Waals surface area contributed by atoms with Crippen LogP contribution in [-0.2, 0) is 5.54 Å². The highest BCUT2D eigenvalue weighted by Crippen LogP contribution is 2.27. The van der Waals surface area contributed by atoms with Crippen LogP contribution < -0.4 is 5.32 Å². The molecule has 1 unspecified atom stereocenters. The van der Waals surface area contributed by atoms with E-state index in [1.54, 1.807) is 30.2 Å². The van der Waals surface area contributed by atoms with Crippen LogP contribution in [0.15, 0.2) is 53.9 Å². The van der Waals surface area contributed by atoms with Crippen LogP contribution in [0.1, 0.15) is 12.5 Å². The Hall–Kier alpha value is -1.43. The smallest absolute Gasteiger partial charge is 0.187 e. The lowest BCUT2D eigenvalue weighted by atomic mass is 9.92. The Morgan fingerprint density at radius 1 is 1.15 bits per heavy atom. The van der Waals surface area contributed by atoms with Gasteiger partial charge in [-0.2, -0.15) is 0 Å². The minimum Gasteiger partial charge on any atom is -0.394 e. The molecule has 2 aromatic rings. The number of thioether (sulfide) groups is 1. The van der Waals surface area contributed by atoms with Crippen molar-refractivity contribution in [1.82, 2.24) is 15.3 Å². The van der Waals surface area contributed by atoms with E-state index in [4.69, 9.17) is 0 Å². The van der Waals surface area contributed by atoms with Crippen LogP contribution in [0, 0.1) is 0 Å². The zero-order valence-electron chi connectivity index (χ0n) is 11.5. The number of aromatic nitrogens is 2. The summed E-state index contributed by atoms with van der Waals surface area (Å²) in [6, 6.07) is 11.8. The normalized spacial score (nSPS) is 13.9. The third-order valence-corrected chi connectivity index (χ3v) is 4.21. The van der Waals surface area contributed by atoms with Crippen molar-refractivity contribution >= 4 is 11.8 Å². The van der Waals surface area contributed by atoms with Gasteiger partial charge in [0.15, 0.2) is 5.16 Å². The third-order valence-electron chi connectivity index (χ3n) is 3.10. The van der Waals surface area contributed by atoms with E-state index >= 15 is 0 Å². The lowest BCUT2D eigenvalue weighted by Gasteiger charge is -2.33. The van der Waals surface area contributed by atoms with Gasteiger partial charge in [-0.25, -0.2) is 9.97 Å². The Kier molecular flexibility index (Phi) is 5.52. The number of aliphatic hydroxyl groups is 1. The van der Waals surface area contributed by atoms with Gasteiger partial charge in [0.05, 0.1) is 12.1 Å². The molecule has 0 bridgehead atoms. The fourth-order valence-corrected chi connectivity index (χ4v) is 3.08. The number of likely N-dealkylation sites (N-methyl/N-ethyl adjacent to an activating group) is 1. The average molecular weight is 289 g/mol. The molecule has 4 nitrogen and oxygen atoms in total. The summed E-state index contributed by atoms with van der Waals surface area (Å²) < 4.78 is 0. The summed E-state index contributed by atoms with van der Waals surface area (Å²) in [7, 11) is 0. The van der Waals surface area contributed by atoms with Crippen LogP contribution >= 0.6 is 11.8 Å². The molecule has 5 heteroatoms. The Balaban J connectivity index is 2.19. The van der Waals surface area contributed by atoms with E-state index in [1.807, 2.05) is 37.3 Å². The number of hydrogen-bond acceptors (Lipinski definition) is 5. The molecule has 1 aromatic heterocycles. The van der Waals surface area contributed by atoms with Crippen LogP contribution in [0.2, 0.25) is 0 Å². The molecule has 0 spiro atoms. The SMILES string of the molecule is CCNC(CO)(CSc1ncccn1)c1ccccc1. The van der Waals surface area contributed by atoms with E-state index in [2.05, 4.69) is 15.3 Å². The Morgan fingerprint density at radius 3 is 2.45 bits per heavy atom. The van der Waals surface area contributed by atoms with E-state index in [-0.39, 0.29) is 6.61 Å². The number of nitrogens with zero attached hydrogens (tertiary/aromatic N) is 2. The molecule has 0 saturated carbocycles. The Morgan fingerprint density at radius 2 is 1.85 bits per heavy atom. The maximum Gasteiger partial charge on any atom is 0.187 e. The molecule has 1 heterocycles. The maximum absolute atomic E-state index is 9.92. The van der Waals surface area contributed by atoms with Gasteiger partial charge in [0, 0.05) is 18.1 Å². The first-order valence-corrected chi connectivity index (χ1v) is 7.60. The number of hydrogen-bond donors (Lipinski definition) is 2. The zero-order chi connectivity index (χ0) is 14.3. The van der Waals surface area contributed by atoms with Crippen LogP contribution in [0.4, 0.5) is 0 Å². The van der Waals surface area contributed by atoms with E-state index in [9.17, 15) is 5.11 Å². The summed E-state index contributed by atoms with van der Waals surface area (Å²) in [5.41, 5.74) is 0.604. The number of benzene rings is 1. The first-order valence-electron chi connectivity index (χ1n) is 6.62. The van der Waals surface area contributed by atoms with E-state index in [0.717, 1.165) is 17.3 Å². The van der Waals surface area contributed by atoms with Crippen molar-refractivity contribution in [1.29, 1.82) is 0 Å². The van der Waals surface area contributed by atoms with E-state index in [1.165, 1.54) is 0 Å². The third kappa shape index (κ3) is 3.56. The highest BCUT2D eigenvalue weighted by atomic mass is 32.2. The van der Waals surface area contributed by atoms with Gasteiger partial charge in [0.1, 0.15) is 0 Å². The molecular weight excluding hydrogens is 270 g/mol. The van der Waals surface area contributed by atoms with Crippen molar-refractivity contribution in [2.45, 2.75) is 17.6 Å². The maximum atomic E-state index is 9.92. The van der Waals surface area contributed by atoms with Crippen molar-refractivity contribution in [2.24, 2.45) is 0 Å². The Labute approximate surface area is 123 Å². The molecule has 20 heavy (non-hydrogen) atoms. The molecule has 0 radical (unpaired) electrons. The average Bonchev–Trinajstić information content (AvgIpc) is 2.53. The molecule has 0 saturated heterocycles. The molecule has 2 rings (SSSR count). The largest absolute Gasteiger partial charge is 0.394 e. The summed E-state index contributed by atoms with van der Waals surface area (Å²) in [6.45, 7) is 2.85. The van der Waals surface area contributed by atoms with Gasteiger partial charge in [-0.05, 0) is 18.2 Å². The monoisotopic (exact) mass is 289 g/mol. The van der Waals surface area contributed by atoms with Gasteiger partial charge in [-0.1, -0.05) is 49.0 Å². The van der Waals surface area contributed by atoms with Crippen LogP contribution in [0.5, 0.6) is 0 Å². The second-order valence-corrected chi connectivity index (χ2v) is 5.40. The highest BCUT2D eigenvalue weighted by Gasteiger charge is 2.30. The topological polar surface area (TPSA) is 58.0 Å². The lowest BCUT2D eigenvalue weighted by Crippen LogP contribution is -2.47. The second kappa shape index (κ2) is 7.38. The second-order valence-electron chi connectivity index (χ2n) is 4.46. The van der Waals surface area contributed by atoms with Crippen molar-refractivity contribution < 1.29 is 5.11 Å².